The average molecular weight is 234 g/mol. The van der Waals surface area contributed by atoms with E-state index in [4.69, 9.17) is 9.47 Å². The van der Waals surface area contributed by atoms with E-state index in [-0.39, 0.29) is 5.92 Å². The van der Waals surface area contributed by atoms with E-state index in [1.165, 1.54) is 0 Å². The molecule has 0 aromatic carbocycles. The molecule has 0 saturated heterocycles. The fourth-order valence-electron chi connectivity index (χ4n) is 1.67. The maximum atomic E-state index is 9.81. The van der Waals surface area contributed by atoms with Crippen molar-refractivity contribution in [3.63, 3.8) is 0 Å². The Labute approximate surface area is 98.6 Å². The molecule has 0 aliphatic heterocycles. The maximum Gasteiger partial charge on any atom is 0.159 e. The molecule has 0 amide bonds. The predicted molar refractivity (Wildman–Crippen MR) is 63.1 cm³/mol. The van der Waals surface area contributed by atoms with E-state index in [0.717, 1.165) is 6.42 Å². The van der Waals surface area contributed by atoms with Crippen molar-refractivity contribution < 1.29 is 19.7 Å². The molecule has 0 heterocycles. The van der Waals surface area contributed by atoms with E-state index in [2.05, 4.69) is 0 Å². The molecule has 0 aliphatic rings. The summed E-state index contributed by atoms with van der Waals surface area (Å²) in [6.45, 7) is 7.36. The van der Waals surface area contributed by atoms with Crippen LogP contribution in [0.3, 0.4) is 0 Å². The number of hydrogen-bond donors (Lipinski definition) is 2. The molecule has 0 spiro atoms. The van der Waals surface area contributed by atoms with Crippen LogP contribution in [0, 0.1) is 5.92 Å². The predicted octanol–water partition coefficient (Wildman–Crippen LogP) is 1.55. The van der Waals surface area contributed by atoms with Gasteiger partial charge in [-0.2, -0.15) is 0 Å². The zero-order valence-corrected chi connectivity index (χ0v) is 10.7. The van der Waals surface area contributed by atoms with E-state index >= 15 is 0 Å². The third-order valence-electron chi connectivity index (χ3n) is 2.64. The van der Waals surface area contributed by atoms with Crippen LogP contribution in [0.4, 0.5) is 0 Å². The molecule has 0 aromatic rings. The molecule has 0 aromatic heterocycles. The molecule has 4 heteroatoms. The molecule has 0 rings (SSSR count). The first-order valence-corrected chi connectivity index (χ1v) is 6.22. The van der Waals surface area contributed by atoms with Crippen molar-refractivity contribution in [2.24, 2.45) is 5.92 Å². The smallest absolute Gasteiger partial charge is 0.159 e. The van der Waals surface area contributed by atoms with Gasteiger partial charge in [-0.05, 0) is 19.8 Å². The molecule has 4 nitrogen and oxygen atoms in total. The van der Waals surface area contributed by atoms with Crippen LogP contribution in [0.2, 0.25) is 0 Å². The van der Waals surface area contributed by atoms with E-state index in [0.29, 0.717) is 32.7 Å². The molecule has 16 heavy (non-hydrogen) atoms. The van der Waals surface area contributed by atoms with Gasteiger partial charge in [-0.1, -0.05) is 20.3 Å². The lowest BCUT2D eigenvalue weighted by Gasteiger charge is -2.26. The summed E-state index contributed by atoms with van der Waals surface area (Å²) >= 11 is 0. The van der Waals surface area contributed by atoms with Crippen LogP contribution in [0.25, 0.3) is 0 Å². The van der Waals surface area contributed by atoms with Gasteiger partial charge in [0.25, 0.3) is 0 Å². The van der Waals surface area contributed by atoms with Crippen molar-refractivity contribution in [3.8, 4) is 0 Å². The quantitative estimate of drug-likeness (QED) is 0.445. The van der Waals surface area contributed by atoms with Crippen LogP contribution in [-0.4, -0.2) is 42.4 Å². The van der Waals surface area contributed by atoms with Crippen molar-refractivity contribution in [3.05, 3.63) is 0 Å². The van der Waals surface area contributed by atoms with Gasteiger partial charge >= 0.3 is 0 Å². The van der Waals surface area contributed by atoms with Crippen LogP contribution >= 0.6 is 0 Å². The van der Waals surface area contributed by atoms with Gasteiger partial charge in [0.05, 0.1) is 19.3 Å². The first kappa shape index (κ1) is 15.8. The summed E-state index contributed by atoms with van der Waals surface area (Å²) in [6, 6.07) is 0. The van der Waals surface area contributed by atoms with Crippen molar-refractivity contribution in [1.29, 1.82) is 0 Å². The van der Waals surface area contributed by atoms with E-state index in [1.54, 1.807) is 0 Å². The molecule has 0 radical (unpaired) electrons. The van der Waals surface area contributed by atoms with Gasteiger partial charge < -0.3 is 19.7 Å². The molecule has 98 valence electrons. The second-order valence-corrected chi connectivity index (χ2v) is 3.89. The van der Waals surface area contributed by atoms with Crippen LogP contribution in [0.5, 0.6) is 0 Å². The summed E-state index contributed by atoms with van der Waals surface area (Å²) in [5.74, 6) is -0.207. The molecule has 0 saturated carbocycles. The van der Waals surface area contributed by atoms with Gasteiger partial charge in [0.2, 0.25) is 0 Å². The monoisotopic (exact) mass is 234 g/mol. The standard InChI is InChI=1S/C12H26O4/c1-4-7-11(13)10(5-2)12(14)16-9-8-15-6-3/h10-14H,4-9H2,1-3H3. The first-order chi connectivity index (χ1) is 7.67. The summed E-state index contributed by atoms with van der Waals surface area (Å²) in [4.78, 5) is 0. The van der Waals surface area contributed by atoms with Gasteiger partial charge in [0.15, 0.2) is 6.29 Å². The first-order valence-electron chi connectivity index (χ1n) is 6.22. The molecule has 3 unspecified atom stereocenters. The van der Waals surface area contributed by atoms with Crippen LogP contribution < -0.4 is 0 Å². The number of ether oxygens (including phenoxy) is 2. The van der Waals surface area contributed by atoms with Crippen molar-refractivity contribution in [2.45, 2.75) is 52.4 Å². The normalized spacial score (nSPS) is 17.1. The minimum absolute atomic E-state index is 0.207. The third kappa shape index (κ3) is 6.43. The van der Waals surface area contributed by atoms with Crippen molar-refractivity contribution in [1.82, 2.24) is 0 Å². The second-order valence-electron chi connectivity index (χ2n) is 3.89. The Morgan fingerprint density at radius 2 is 1.75 bits per heavy atom. The van der Waals surface area contributed by atoms with E-state index in [9.17, 15) is 10.2 Å². The Kier molecular flexibility index (Phi) is 9.92. The van der Waals surface area contributed by atoms with E-state index < -0.39 is 12.4 Å². The van der Waals surface area contributed by atoms with E-state index in [1.807, 2.05) is 20.8 Å². The summed E-state index contributed by atoms with van der Waals surface area (Å²) in [5, 5.41) is 19.6. The van der Waals surface area contributed by atoms with Gasteiger partial charge in [0.1, 0.15) is 0 Å². The Morgan fingerprint density at radius 1 is 1.06 bits per heavy atom. The SMILES string of the molecule is CCCC(O)C(CC)C(O)OCCOCC. The fraction of sp³-hybridized carbons (Fsp3) is 1.00. The molecule has 0 aliphatic carbocycles. The Hall–Kier alpha value is -0.160. The van der Waals surface area contributed by atoms with Crippen LogP contribution in [0.15, 0.2) is 0 Å². The Bertz CT molecular complexity index is 152. The second kappa shape index (κ2) is 10.0. The number of rotatable bonds is 10. The third-order valence-corrected chi connectivity index (χ3v) is 2.64. The Morgan fingerprint density at radius 3 is 2.25 bits per heavy atom. The van der Waals surface area contributed by atoms with Gasteiger partial charge in [-0.25, -0.2) is 0 Å². The maximum absolute atomic E-state index is 9.81. The highest BCUT2D eigenvalue weighted by Crippen LogP contribution is 2.18. The highest BCUT2D eigenvalue weighted by molar-refractivity contribution is 4.69. The highest BCUT2D eigenvalue weighted by atomic mass is 16.6. The minimum atomic E-state index is -0.896. The van der Waals surface area contributed by atoms with Crippen LogP contribution in [0.1, 0.15) is 40.0 Å². The lowest BCUT2D eigenvalue weighted by Crippen LogP contribution is -2.34. The summed E-state index contributed by atoms with van der Waals surface area (Å²) in [6.07, 6.45) is 0.925. The van der Waals surface area contributed by atoms with Gasteiger partial charge in [-0.15, -0.1) is 0 Å². The average Bonchev–Trinajstić information content (AvgIpc) is 2.26. The van der Waals surface area contributed by atoms with Gasteiger partial charge in [0, 0.05) is 12.5 Å². The lowest BCUT2D eigenvalue weighted by atomic mass is 9.95. The molecular weight excluding hydrogens is 208 g/mol. The summed E-state index contributed by atoms with van der Waals surface area (Å²) in [7, 11) is 0. The number of aliphatic hydroxyl groups is 2. The lowest BCUT2D eigenvalue weighted by molar-refractivity contribution is -0.166. The number of aliphatic hydroxyl groups excluding tert-OH is 2. The summed E-state index contributed by atoms with van der Waals surface area (Å²) < 4.78 is 10.3. The largest absolute Gasteiger partial charge is 0.393 e. The Balaban J connectivity index is 3.85. The minimum Gasteiger partial charge on any atom is -0.393 e. The molecule has 2 N–H and O–H groups in total. The number of hydrogen-bond acceptors (Lipinski definition) is 4. The molecular formula is C12H26O4. The van der Waals surface area contributed by atoms with Crippen molar-refractivity contribution >= 4 is 0 Å². The molecule has 0 fully saturated rings. The molecule has 0 bridgehead atoms. The topological polar surface area (TPSA) is 58.9 Å². The highest BCUT2D eigenvalue weighted by Gasteiger charge is 2.25. The van der Waals surface area contributed by atoms with Crippen molar-refractivity contribution in [2.75, 3.05) is 19.8 Å². The zero-order valence-electron chi connectivity index (χ0n) is 10.7. The summed E-state index contributed by atoms with van der Waals surface area (Å²) in [5.41, 5.74) is 0. The fourth-order valence-corrected chi connectivity index (χ4v) is 1.67. The van der Waals surface area contributed by atoms with Crippen LogP contribution in [-0.2, 0) is 9.47 Å². The zero-order chi connectivity index (χ0) is 12.4. The molecule has 3 atom stereocenters. The van der Waals surface area contributed by atoms with Gasteiger partial charge in [-0.3, -0.25) is 0 Å².